The maximum atomic E-state index is 12.9. The zero-order chi connectivity index (χ0) is 19.8. The SMILES string of the molecule is Cc1nnc(N2C(=O)C(=O)/C(=C(/O)c3ccccc3)C2c2cccc(Cl)c2)s1. The lowest BCUT2D eigenvalue weighted by Crippen LogP contribution is -2.29. The Bertz CT molecular complexity index is 1110. The van der Waals surface area contributed by atoms with Crippen LogP contribution < -0.4 is 4.90 Å². The monoisotopic (exact) mass is 411 g/mol. The standard InChI is InChI=1S/C20H14ClN3O3S/c1-11-22-23-20(28-11)24-16(13-8-5-9-14(21)10-13)15(18(26)19(24)27)17(25)12-6-3-2-4-7-12/h2-10,16,25H,1H3/b17-15+. The van der Waals surface area contributed by atoms with E-state index in [-0.39, 0.29) is 16.5 Å². The van der Waals surface area contributed by atoms with Gasteiger partial charge in [0, 0.05) is 10.6 Å². The molecule has 28 heavy (non-hydrogen) atoms. The molecule has 1 unspecified atom stereocenters. The van der Waals surface area contributed by atoms with Gasteiger partial charge in [0.25, 0.3) is 5.78 Å². The van der Waals surface area contributed by atoms with Gasteiger partial charge in [0.1, 0.15) is 10.8 Å². The molecule has 2 heterocycles. The number of nitrogens with zero attached hydrogens (tertiary/aromatic N) is 3. The maximum absolute atomic E-state index is 12.9. The van der Waals surface area contributed by atoms with Crippen molar-refractivity contribution in [3.05, 3.63) is 81.3 Å². The van der Waals surface area contributed by atoms with Gasteiger partial charge in [-0.05, 0) is 24.6 Å². The zero-order valence-corrected chi connectivity index (χ0v) is 16.2. The van der Waals surface area contributed by atoms with Crippen molar-refractivity contribution in [3.8, 4) is 0 Å². The molecule has 1 atom stereocenters. The summed E-state index contributed by atoms with van der Waals surface area (Å²) in [6, 6.07) is 14.6. The third kappa shape index (κ3) is 3.08. The number of aryl methyl sites for hydroxylation is 1. The Morgan fingerprint density at radius 3 is 2.50 bits per heavy atom. The molecule has 1 aliphatic rings. The fourth-order valence-electron chi connectivity index (χ4n) is 3.16. The number of aromatic nitrogens is 2. The highest BCUT2D eigenvalue weighted by atomic mass is 35.5. The van der Waals surface area contributed by atoms with E-state index >= 15 is 0 Å². The molecule has 0 saturated carbocycles. The van der Waals surface area contributed by atoms with E-state index in [2.05, 4.69) is 10.2 Å². The Morgan fingerprint density at radius 2 is 1.86 bits per heavy atom. The van der Waals surface area contributed by atoms with E-state index in [4.69, 9.17) is 11.6 Å². The minimum Gasteiger partial charge on any atom is -0.507 e. The fraction of sp³-hybridized carbons (Fsp3) is 0.100. The number of benzene rings is 2. The van der Waals surface area contributed by atoms with Crippen LogP contribution in [0, 0.1) is 6.92 Å². The van der Waals surface area contributed by atoms with Crippen LogP contribution in [0.5, 0.6) is 0 Å². The van der Waals surface area contributed by atoms with Gasteiger partial charge in [0.15, 0.2) is 0 Å². The van der Waals surface area contributed by atoms with Crippen LogP contribution in [-0.4, -0.2) is 27.0 Å². The summed E-state index contributed by atoms with van der Waals surface area (Å²) in [6.07, 6.45) is 0. The summed E-state index contributed by atoms with van der Waals surface area (Å²) in [5.74, 6) is -1.79. The van der Waals surface area contributed by atoms with Crippen molar-refractivity contribution in [1.29, 1.82) is 0 Å². The van der Waals surface area contributed by atoms with Crippen LogP contribution in [0.25, 0.3) is 5.76 Å². The van der Waals surface area contributed by atoms with Crippen LogP contribution in [-0.2, 0) is 9.59 Å². The number of halogens is 1. The molecule has 1 saturated heterocycles. The van der Waals surface area contributed by atoms with Crippen LogP contribution in [0.3, 0.4) is 0 Å². The number of aliphatic hydroxyl groups is 1. The van der Waals surface area contributed by atoms with Gasteiger partial charge in [0.05, 0.1) is 11.6 Å². The summed E-state index contributed by atoms with van der Waals surface area (Å²) in [4.78, 5) is 27.0. The molecule has 140 valence electrons. The van der Waals surface area contributed by atoms with Gasteiger partial charge in [-0.2, -0.15) is 0 Å². The van der Waals surface area contributed by atoms with E-state index in [0.29, 0.717) is 21.2 Å². The molecule has 8 heteroatoms. The number of hydrogen-bond acceptors (Lipinski definition) is 6. The minimum absolute atomic E-state index is 0.00804. The highest BCUT2D eigenvalue weighted by molar-refractivity contribution is 7.15. The highest BCUT2D eigenvalue weighted by Gasteiger charge is 2.48. The van der Waals surface area contributed by atoms with Gasteiger partial charge < -0.3 is 5.11 Å². The predicted molar refractivity (Wildman–Crippen MR) is 107 cm³/mol. The average molecular weight is 412 g/mol. The summed E-state index contributed by atoms with van der Waals surface area (Å²) >= 11 is 7.34. The second-order valence-electron chi connectivity index (χ2n) is 6.19. The maximum Gasteiger partial charge on any atom is 0.301 e. The molecule has 0 spiro atoms. The number of hydrogen-bond donors (Lipinski definition) is 1. The van der Waals surface area contributed by atoms with Crippen molar-refractivity contribution in [3.63, 3.8) is 0 Å². The molecule has 2 aromatic carbocycles. The second-order valence-corrected chi connectivity index (χ2v) is 7.79. The van der Waals surface area contributed by atoms with E-state index < -0.39 is 17.7 Å². The molecule has 0 bridgehead atoms. The Morgan fingerprint density at radius 1 is 1.11 bits per heavy atom. The molecule has 1 N–H and O–H groups in total. The van der Waals surface area contributed by atoms with E-state index in [1.54, 1.807) is 61.5 Å². The lowest BCUT2D eigenvalue weighted by molar-refractivity contribution is -0.132. The average Bonchev–Trinajstić information content (AvgIpc) is 3.23. The number of aliphatic hydroxyl groups excluding tert-OH is 1. The number of carbonyl (C=O) groups excluding carboxylic acids is 2. The van der Waals surface area contributed by atoms with Crippen LogP contribution in [0.1, 0.15) is 22.2 Å². The number of anilines is 1. The second kappa shape index (κ2) is 7.18. The molecule has 3 aromatic rings. The van der Waals surface area contributed by atoms with Crippen molar-refractivity contribution in [2.75, 3.05) is 4.90 Å². The molecule has 6 nitrogen and oxygen atoms in total. The van der Waals surface area contributed by atoms with Crippen molar-refractivity contribution in [2.45, 2.75) is 13.0 Å². The topological polar surface area (TPSA) is 83.4 Å². The van der Waals surface area contributed by atoms with Gasteiger partial charge in [-0.1, -0.05) is 65.4 Å². The van der Waals surface area contributed by atoms with Gasteiger partial charge in [-0.3, -0.25) is 14.5 Å². The Kier molecular flexibility index (Phi) is 4.70. The molecule has 0 aliphatic carbocycles. The van der Waals surface area contributed by atoms with E-state index in [9.17, 15) is 14.7 Å². The van der Waals surface area contributed by atoms with Crippen LogP contribution in [0.4, 0.5) is 5.13 Å². The quantitative estimate of drug-likeness (QED) is 0.398. The first-order chi connectivity index (χ1) is 13.5. The normalized spacial score (nSPS) is 18.6. The largest absolute Gasteiger partial charge is 0.507 e. The van der Waals surface area contributed by atoms with Gasteiger partial charge in [0.2, 0.25) is 5.13 Å². The highest BCUT2D eigenvalue weighted by Crippen LogP contribution is 2.43. The third-order valence-corrected chi connectivity index (χ3v) is 5.45. The molecular formula is C20H14ClN3O3S. The summed E-state index contributed by atoms with van der Waals surface area (Å²) in [5.41, 5.74) is 1.03. The third-order valence-electron chi connectivity index (χ3n) is 4.38. The van der Waals surface area contributed by atoms with Crippen molar-refractivity contribution >= 4 is 45.5 Å². The molecule has 1 aromatic heterocycles. The van der Waals surface area contributed by atoms with E-state index in [1.807, 2.05) is 0 Å². The number of ketones is 1. The van der Waals surface area contributed by atoms with E-state index in [0.717, 1.165) is 0 Å². The Balaban J connectivity index is 1.96. The lowest BCUT2D eigenvalue weighted by atomic mass is 9.95. The fourth-order valence-corrected chi connectivity index (χ4v) is 4.07. The first-order valence-electron chi connectivity index (χ1n) is 8.39. The molecule has 1 amide bonds. The summed E-state index contributed by atoms with van der Waals surface area (Å²) < 4.78 is 0. The number of rotatable bonds is 3. The minimum atomic E-state index is -0.855. The molecule has 1 fully saturated rings. The number of amides is 1. The van der Waals surface area contributed by atoms with Crippen LogP contribution in [0.2, 0.25) is 5.02 Å². The lowest BCUT2D eigenvalue weighted by Gasteiger charge is -2.22. The van der Waals surface area contributed by atoms with Crippen molar-refractivity contribution in [2.24, 2.45) is 0 Å². The summed E-state index contributed by atoms with van der Waals surface area (Å²) in [6.45, 7) is 1.76. The van der Waals surface area contributed by atoms with E-state index in [1.165, 1.54) is 16.2 Å². The Hall–Kier alpha value is -3.03. The first kappa shape index (κ1) is 18.3. The van der Waals surface area contributed by atoms with Crippen LogP contribution in [0.15, 0.2) is 60.2 Å². The van der Waals surface area contributed by atoms with Gasteiger partial charge in [-0.25, -0.2) is 0 Å². The summed E-state index contributed by atoms with van der Waals surface area (Å²) in [7, 11) is 0. The molecule has 4 rings (SSSR count). The zero-order valence-electron chi connectivity index (χ0n) is 14.7. The van der Waals surface area contributed by atoms with Crippen molar-refractivity contribution < 1.29 is 14.7 Å². The Labute approximate surface area is 169 Å². The number of Topliss-reactive ketones (excluding diaryl/α,β-unsaturated/α-hetero) is 1. The molecule has 1 aliphatic heterocycles. The van der Waals surface area contributed by atoms with Gasteiger partial charge in [-0.15, -0.1) is 10.2 Å². The molecular weight excluding hydrogens is 398 g/mol. The predicted octanol–water partition coefficient (Wildman–Crippen LogP) is 4.13. The summed E-state index contributed by atoms with van der Waals surface area (Å²) in [5, 5.41) is 20.3. The van der Waals surface area contributed by atoms with Crippen molar-refractivity contribution in [1.82, 2.24) is 10.2 Å². The van der Waals surface area contributed by atoms with Gasteiger partial charge >= 0.3 is 5.91 Å². The smallest absolute Gasteiger partial charge is 0.301 e. The van der Waals surface area contributed by atoms with Crippen LogP contribution >= 0.6 is 22.9 Å². The number of carbonyl (C=O) groups is 2. The molecule has 0 radical (unpaired) electrons. The first-order valence-corrected chi connectivity index (χ1v) is 9.59.